The molecule has 0 unspecified atom stereocenters. The van der Waals surface area contributed by atoms with Crippen molar-refractivity contribution in [2.24, 2.45) is 0 Å². The van der Waals surface area contributed by atoms with Crippen LogP contribution < -0.4 is 9.47 Å². The van der Waals surface area contributed by atoms with Crippen molar-refractivity contribution in [1.29, 1.82) is 0 Å². The van der Waals surface area contributed by atoms with Crippen LogP contribution in [0.25, 0.3) is 0 Å². The predicted octanol–water partition coefficient (Wildman–Crippen LogP) is 0.633. The van der Waals surface area contributed by atoms with Crippen molar-refractivity contribution in [3.63, 3.8) is 0 Å². The predicted molar refractivity (Wildman–Crippen MR) is 35.1 cm³/mol. The Hall–Kier alpha value is -1.39. The van der Waals surface area contributed by atoms with Crippen LogP contribution >= 0.6 is 0 Å². The van der Waals surface area contributed by atoms with Crippen molar-refractivity contribution < 1.29 is 13.9 Å². The Labute approximate surface area is 63.0 Å². The quantitative estimate of drug-likeness (QED) is 0.633. The number of hydrogen-bond donors (Lipinski definition) is 0. The van der Waals surface area contributed by atoms with E-state index in [1.54, 1.807) is 0 Å². The van der Waals surface area contributed by atoms with Gasteiger partial charge in [0.05, 0.1) is 20.4 Å². The first kappa shape index (κ1) is 7.71. The van der Waals surface area contributed by atoms with E-state index >= 15 is 0 Å². The van der Waals surface area contributed by atoms with E-state index in [9.17, 15) is 4.39 Å². The zero-order valence-corrected chi connectivity index (χ0v) is 6.17. The normalized spacial score (nSPS) is 9.36. The summed E-state index contributed by atoms with van der Waals surface area (Å²) >= 11 is 0. The second-order valence-electron chi connectivity index (χ2n) is 1.71. The largest absolute Gasteiger partial charge is 0.477 e. The number of rotatable bonds is 2. The lowest BCUT2D eigenvalue weighted by atomic mass is 10.6. The van der Waals surface area contributed by atoms with Gasteiger partial charge in [0, 0.05) is 0 Å². The van der Waals surface area contributed by atoms with Crippen LogP contribution in [0, 0.1) is 5.95 Å². The molecule has 0 saturated heterocycles. The summed E-state index contributed by atoms with van der Waals surface area (Å²) in [6, 6.07) is 0. The summed E-state index contributed by atoms with van der Waals surface area (Å²) in [5, 5.41) is 0. The zero-order chi connectivity index (χ0) is 8.27. The topological polar surface area (TPSA) is 44.2 Å². The Bertz CT molecular complexity index is 254. The third-order valence-corrected chi connectivity index (χ3v) is 1.07. The fraction of sp³-hybridized carbons (Fsp3) is 0.333. The van der Waals surface area contributed by atoms with E-state index in [1.807, 2.05) is 0 Å². The molecular weight excluding hydrogens is 151 g/mol. The van der Waals surface area contributed by atoms with Gasteiger partial charge in [-0.3, -0.25) is 0 Å². The van der Waals surface area contributed by atoms with Gasteiger partial charge in [0.2, 0.25) is 5.95 Å². The highest BCUT2D eigenvalue weighted by Crippen LogP contribution is 2.19. The van der Waals surface area contributed by atoms with Gasteiger partial charge in [-0.15, -0.1) is 0 Å². The first-order valence-corrected chi connectivity index (χ1v) is 2.88. The summed E-state index contributed by atoms with van der Waals surface area (Å²) in [4.78, 5) is 6.97. The Morgan fingerprint density at radius 2 is 1.91 bits per heavy atom. The summed E-state index contributed by atoms with van der Waals surface area (Å²) in [5.41, 5.74) is 0. The van der Waals surface area contributed by atoms with Crippen molar-refractivity contribution in [2.75, 3.05) is 14.2 Å². The maximum Gasteiger partial charge on any atom is 0.280 e. The highest BCUT2D eigenvalue weighted by atomic mass is 19.1. The van der Waals surface area contributed by atoms with Crippen molar-refractivity contribution >= 4 is 0 Å². The molecule has 0 N–H and O–H groups in total. The lowest BCUT2D eigenvalue weighted by Crippen LogP contribution is -1.97. The standard InChI is InChI=1S/C6H7FN2O2/c1-10-5-6(11-2)9-4(7)3-8-5/h3H,1-2H3. The molecule has 0 aliphatic heterocycles. The molecular formula is C6H7FN2O2. The second-order valence-corrected chi connectivity index (χ2v) is 1.71. The molecule has 11 heavy (non-hydrogen) atoms. The molecule has 5 heteroatoms. The summed E-state index contributed by atoms with van der Waals surface area (Å²) in [5.74, 6) is -0.468. The van der Waals surface area contributed by atoms with Crippen LogP contribution in [0.4, 0.5) is 4.39 Å². The Morgan fingerprint density at radius 1 is 1.27 bits per heavy atom. The van der Waals surface area contributed by atoms with E-state index in [1.165, 1.54) is 14.2 Å². The molecule has 0 aliphatic rings. The van der Waals surface area contributed by atoms with Crippen LogP contribution in [0.3, 0.4) is 0 Å². The van der Waals surface area contributed by atoms with Crippen LogP contribution in [0.2, 0.25) is 0 Å². The molecule has 0 fully saturated rings. The van der Waals surface area contributed by atoms with Gasteiger partial charge in [0.1, 0.15) is 0 Å². The molecule has 4 nitrogen and oxygen atoms in total. The number of ether oxygens (including phenoxy) is 2. The summed E-state index contributed by atoms with van der Waals surface area (Å²) < 4.78 is 21.8. The van der Waals surface area contributed by atoms with Crippen molar-refractivity contribution in [1.82, 2.24) is 9.97 Å². The van der Waals surface area contributed by atoms with Crippen molar-refractivity contribution in [2.45, 2.75) is 0 Å². The van der Waals surface area contributed by atoms with Gasteiger partial charge in [0.25, 0.3) is 11.8 Å². The minimum atomic E-state index is -0.692. The molecule has 1 aromatic rings. The highest BCUT2D eigenvalue weighted by molar-refractivity contribution is 5.23. The van der Waals surface area contributed by atoms with Crippen LogP contribution in [-0.2, 0) is 0 Å². The van der Waals surface area contributed by atoms with E-state index in [-0.39, 0.29) is 11.8 Å². The zero-order valence-electron chi connectivity index (χ0n) is 6.17. The van der Waals surface area contributed by atoms with Crippen LogP contribution in [0.1, 0.15) is 0 Å². The molecule has 0 amide bonds. The molecule has 1 heterocycles. The number of hydrogen-bond acceptors (Lipinski definition) is 4. The summed E-state index contributed by atoms with van der Waals surface area (Å²) in [6.07, 6.45) is 0.960. The number of methoxy groups -OCH3 is 2. The second kappa shape index (κ2) is 3.14. The monoisotopic (exact) mass is 158 g/mol. The van der Waals surface area contributed by atoms with Crippen molar-refractivity contribution in [3.05, 3.63) is 12.1 Å². The lowest BCUT2D eigenvalue weighted by molar-refractivity contribution is 0.323. The average Bonchev–Trinajstić information content (AvgIpc) is 2.04. The SMILES string of the molecule is COc1ncc(F)nc1OC. The van der Waals surface area contributed by atoms with E-state index in [4.69, 9.17) is 4.74 Å². The van der Waals surface area contributed by atoms with Gasteiger partial charge in [-0.05, 0) is 0 Å². The van der Waals surface area contributed by atoms with Crippen LogP contribution in [0.5, 0.6) is 11.8 Å². The first-order valence-electron chi connectivity index (χ1n) is 2.88. The minimum absolute atomic E-state index is 0.0486. The minimum Gasteiger partial charge on any atom is -0.477 e. The van der Waals surface area contributed by atoms with Gasteiger partial charge in [0.15, 0.2) is 0 Å². The third kappa shape index (κ3) is 1.54. The number of nitrogens with zero attached hydrogens (tertiary/aromatic N) is 2. The Kier molecular flexibility index (Phi) is 2.20. The van der Waals surface area contributed by atoms with E-state index in [2.05, 4.69) is 14.7 Å². The van der Waals surface area contributed by atoms with E-state index in [0.717, 1.165) is 6.20 Å². The Morgan fingerprint density at radius 3 is 2.45 bits per heavy atom. The average molecular weight is 158 g/mol. The van der Waals surface area contributed by atoms with Gasteiger partial charge in [-0.2, -0.15) is 9.37 Å². The summed E-state index contributed by atoms with van der Waals surface area (Å²) in [6.45, 7) is 0. The molecule has 0 spiro atoms. The fourth-order valence-electron chi connectivity index (χ4n) is 0.614. The first-order chi connectivity index (χ1) is 5.27. The van der Waals surface area contributed by atoms with Gasteiger partial charge in [-0.1, -0.05) is 0 Å². The van der Waals surface area contributed by atoms with E-state index in [0.29, 0.717) is 0 Å². The number of halogens is 1. The van der Waals surface area contributed by atoms with Gasteiger partial charge < -0.3 is 9.47 Å². The number of aromatic nitrogens is 2. The Balaban J connectivity index is 3.06. The maximum atomic E-state index is 12.4. The summed E-state index contributed by atoms with van der Waals surface area (Å²) in [7, 11) is 2.77. The molecule has 0 aliphatic carbocycles. The molecule has 0 bridgehead atoms. The molecule has 1 aromatic heterocycles. The van der Waals surface area contributed by atoms with Crippen LogP contribution in [-0.4, -0.2) is 24.2 Å². The molecule has 60 valence electrons. The highest BCUT2D eigenvalue weighted by Gasteiger charge is 2.06. The lowest BCUT2D eigenvalue weighted by Gasteiger charge is -2.02. The van der Waals surface area contributed by atoms with Crippen LogP contribution in [0.15, 0.2) is 6.20 Å². The molecule has 0 saturated carbocycles. The molecule has 0 aromatic carbocycles. The van der Waals surface area contributed by atoms with Gasteiger partial charge in [-0.25, -0.2) is 4.98 Å². The molecule has 1 rings (SSSR count). The van der Waals surface area contributed by atoms with E-state index < -0.39 is 5.95 Å². The third-order valence-electron chi connectivity index (χ3n) is 1.07. The molecule has 0 radical (unpaired) electrons. The smallest absolute Gasteiger partial charge is 0.280 e. The van der Waals surface area contributed by atoms with Gasteiger partial charge >= 0.3 is 0 Å². The fourth-order valence-corrected chi connectivity index (χ4v) is 0.614. The van der Waals surface area contributed by atoms with Crippen molar-refractivity contribution in [3.8, 4) is 11.8 Å². The maximum absolute atomic E-state index is 12.4. The molecule has 0 atom stereocenters.